The maximum atomic E-state index is 3.04. The molecule has 0 aliphatic heterocycles. The van der Waals surface area contributed by atoms with Crippen molar-refractivity contribution in [2.24, 2.45) is 0 Å². The van der Waals surface area contributed by atoms with Crippen LogP contribution in [-0.4, -0.2) is 0 Å². The smallest absolute Gasteiger partial charge is 0 e. The summed E-state index contributed by atoms with van der Waals surface area (Å²) < 4.78 is 0. The third-order valence-electron chi connectivity index (χ3n) is 3.31. The maximum Gasteiger partial charge on any atom is 0 e. The molecule has 0 aliphatic carbocycles. The second kappa shape index (κ2) is 20.8. The molecule has 0 aromatic heterocycles. The molecule has 0 heterocycles. The summed E-state index contributed by atoms with van der Waals surface area (Å²) >= 11 is 0. The molecule has 26 heavy (non-hydrogen) atoms. The Hall–Kier alpha value is 1.09. The zero-order chi connectivity index (χ0) is 15.5. The first-order valence-corrected chi connectivity index (χ1v) is 7.73. The normalized spacial score (nSPS) is 8.19. The fourth-order valence-corrected chi connectivity index (χ4v) is 2.19. The van der Waals surface area contributed by atoms with E-state index < -0.39 is 0 Å². The van der Waals surface area contributed by atoms with Gasteiger partial charge < -0.3 is 12.1 Å². The van der Waals surface area contributed by atoms with Crippen LogP contribution in [0, 0.1) is 49.3 Å². The van der Waals surface area contributed by atoms with Crippen molar-refractivity contribution in [1.82, 2.24) is 0 Å². The fourth-order valence-electron chi connectivity index (χ4n) is 2.19. The summed E-state index contributed by atoms with van der Waals surface area (Å²) in [6, 6.07) is 33.2. The van der Waals surface area contributed by atoms with Crippen molar-refractivity contribution in [3.8, 4) is 0 Å². The van der Waals surface area contributed by atoms with E-state index in [4.69, 9.17) is 0 Å². The molecule has 0 aliphatic rings. The van der Waals surface area contributed by atoms with Gasteiger partial charge in [0.15, 0.2) is 0 Å². The zero-order valence-electron chi connectivity index (χ0n) is 15.0. The summed E-state index contributed by atoms with van der Waals surface area (Å²) in [5, 5.41) is 0. The Bertz CT molecular complexity index is 607. The van der Waals surface area contributed by atoms with E-state index in [1.807, 2.05) is 36.4 Å². The van der Waals surface area contributed by atoms with Gasteiger partial charge in [0.05, 0.1) is 0 Å². The number of rotatable bonds is 4. The molecule has 0 N–H and O–H groups in total. The SMILES string of the molecule is CCCc1ccc(Cc2cc[c-]cc2)cc1.[U].[V].[W].[Y].[c-]1cc[c-]cc1. The van der Waals surface area contributed by atoms with Crippen molar-refractivity contribution < 1.29 is 103 Å². The van der Waals surface area contributed by atoms with E-state index in [2.05, 4.69) is 61.5 Å². The van der Waals surface area contributed by atoms with Gasteiger partial charge in [-0.2, -0.15) is 35.9 Å². The predicted molar refractivity (Wildman–Crippen MR) is 92.6 cm³/mol. The summed E-state index contributed by atoms with van der Waals surface area (Å²) in [6.45, 7) is 2.22. The van der Waals surface area contributed by atoms with Gasteiger partial charge in [-0.25, -0.2) is 0 Å². The first-order chi connectivity index (χ1) is 10.9. The van der Waals surface area contributed by atoms with E-state index in [0.717, 1.165) is 6.42 Å². The molecule has 2 radical (unpaired) electrons. The molecule has 0 unspecified atom stereocenters. The molecule has 0 spiro atoms. The average molecular weight is 847 g/mol. The molecule has 0 fully saturated rings. The molecule has 3 rings (SSSR count). The van der Waals surface area contributed by atoms with E-state index in [1.165, 1.54) is 29.5 Å². The van der Waals surface area contributed by atoms with E-state index in [-0.39, 0.29) is 103 Å². The monoisotopic (exact) mass is 847 g/mol. The van der Waals surface area contributed by atoms with Gasteiger partial charge in [-0.15, -0.1) is 0 Å². The van der Waals surface area contributed by atoms with Crippen molar-refractivity contribution in [3.05, 3.63) is 108 Å². The van der Waals surface area contributed by atoms with Crippen LogP contribution in [0.3, 0.4) is 0 Å². The Labute approximate surface area is 234 Å². The molecule has 0 bridgehead atoms. The summed E-state index contributed by atoms with van der Waals surface area (Å²) in [6.07, 6.45) is 3.41. The third kappa shape index (κ3) is 14.1. The summed E-state index contributed by atoms with van der Waals surface area (Å²) in [5.74, 6) is 0. The molecule has 3 aromatic carbocycles. The quantitative estimate of drug-likeness (QED) is 0.313. The number of benzene rings is 3. The van der Waals surface area contributed by atoms with Gasteiger partial charge in [-0.1, -0.05) is 37.6 Å². The third-order valence-corrected chi connectivity index (χ3v) is 3.31. The van der Waals surface area contributed by atoms with E-state index in [1.54, 1.807) is 0 Å². The molecule has 0 saturated heterocycles. The molecular weight excluding hydrogens is 826 g/mol. The van der Waals surface area contributed by atoms with Crippen molar-refractivity contribution in [3.63, 3.8) is 0 Å². The Morgan fingerprint density at radius 1 is 0.654 bits per heavy atom. The van der Waals surface area contributed by atoms with Crippen molar-refractivity contribution in [2.45, 2.75) is 26.2 Å². The second-order valence-electron chi connectivity index (χ2n) is 5.15. The molecule has 0 amide bonds. The van der Waals surface area contributed by atoms with Gasteiger partial charge in [0.1, 0.15) is 0 Å². The molecule has 4 heteroatoms. The number of aryl methyl sites for hydroxylation is 1. The van der Waals surface area contributed by atoms with Gasteiger partial charge in [0.25, 0.3) is 0 Å². The zero-order valence-corrected chi connectivity index (χ0v) is 26.3. The van der Waals surface area contributed by atoms with Crippen LogP contribution in [0.5, 0.6) is 0 Å². The van der Waals surface area contributed by atoms with Crippen LogP contribution in [0.1, 0.15) is 30.0 Å². The minimum absolute atomic E-state index is 0. The van der Waals surface area contributed by atoms with Crippen LogP contribution in [0.25, 0.3) is 0 Å². The number of hydrogen-bond donors (Lipinski definition) is 0. The van der Waals surface area contributed by atoms with Gasteiger partial charge in [-0.3, -0.25) is 24.3 Å². The van der Waals surface area contributed by atoms with Crippen molar-refractivity contribution in [2.75, 3.05) is 0 Å². The fraction of sp³-hybridized carbons (Fsp3) is 0.182. The van der Waals surface area contributed by atoms with Crippen molar-refractivity contribution >= 4 is 0 Å². The van der Waals surface area contributed by atoms with E-state index in [9.17, 15) is 0 Å². The Morgan fingerprint density at radius 3 is 1.46 bits per heavy atom. The van der Waals surface area contributed by atoms with Crippen LogP contribution < -0.4 is 0 Å². The molecule has 130 valence electrons. The van der Waals surface area contributed by atoms with Gasteiger partial charge in [0.2, 0.25) is 0 Å². The largest absolute Gasteiger partial charge is 0.319 e. The average Bonchev–Trinajstić information content (AvgIpc) is 2.60. The van der Waals surface area contributed by atoms with Gasteiger partial charge in [0, 0.05) is 103 Å². The standard InChI is InChI=1S/C16H17.C6H4.U.V.W.Y/c1-2-6-14-9-11-16(12-10-14)13-15-7-4-3-5-8-15;1-2-4-6-5-3-1;;;;/h4-5,7-12H,2,6,13H2,1H3;1-2,5-6H;;;;/q-1;-2;;;;. The van der Waals surface area contributed by atoms with E-state index in [0.29, 0.717) is 0 Å². The molecule has 0 saturated carbocycles. The summed E-state index contributed by atoms with van der Waals surface area (Å²) in [5.41, 5.74) is 4.17. The van der Waals surface area contributed by atoms with Crippen LogP contribution >= 0.6 is 0 Å². The molecule has 3 aromatic rings. The first-order valence-electron chi connectivity index (χ1n) is 7.73. The van der Waals surface area contributed by atoms with Crippen LogP contribution in [-0.2, 0) is 85.2 Å². The van der Waals surface area contributed by atoms with E-state index >= 15 is 0 Å². The summed E-state index contributed by atoms with van der Waals surface area (Å²) in [7, 11) is 0. The molecule has 0 atom stereocenters. The minimum atomic E-state index is 0. The van der Waals surface area contributed by atoms with Crippen LogP contribution in [0.4, 0.5) is 0 Å². The topological polar surface area (TPSA) is 0 Å². The van der Waals surface area contributed by atoms with Crippen molar-refractivity contribution in [1.29, 1.82) is 0 Å². The predicted octanol–water partition coefficient (Wildman–Crippen LogP) is 5.31. The van der Waals surface area contributed by atoms with Gasteiger partial charge >= 0.3 is 0 Å². The van der Waals surface area contributed by atoms with Crippen LogP contribution in [0.15, 0.2) is 72.8 Å². The molecule has 0 nitrogen and oxygen atoms in total. The maximum absolute atomic E-state index is 3.04. The number of hydrogen-bond acceptors (Lipinski definition) is 0. The molecular formula is C22H21UVWY-3. The Balaban J connectivity index is -0.000000460. The first kappa shape index (κ1) is 31.8. The van der Waals surface area contributed by atoms with Crippen LogP contribution in [0.2, 0.25) is 0 Å². The summed E-state index contributed by atoms with van der Waals surface area (Å²) in [4.78, 5) is 0. The minimum Gasteiger partial charge on any atom is -0.319 e. The Kier molecular flexibility index (Phi) is 25.4. The second-order valence-corrected chi connectivity index (χ2v) is 5.15. The van der Waals surface area contributed by atoms with Gasteiger partial charge in [-0.05, 0) is 24.0 Å². The Morgan fingerprint density at radius 2 is 1.04 bits per heavy atom.